The van der Waals surface area contributed by atoms with E-state index in [1.807, 2.05) is 0 Å². The van der Waals surface area contributed by atoms with Gasteiger partial charge in [0, 0.05) is 7.05 Å². The number of carbonyl (C=O) groups is 2. The van der Waals surface area contributed by atoms with Crippen molar-refractivity contribution in [3.05, 3.63) is 41.3 Å². The molecule has 0 unspecified atom stereocenters. The lowest BCUT2D eigenvalue weighted by molar-refractivity contribution is -0.138. The van der Waals surface area contributed by atoms with Crippen molar-refractivity contribution in [2.75, 3.05) is 20.3 Å². The van der Waals surface area contributed by atoms with Gasteiger partial charge >= 0.3 is 5.97 Å². The predicted molar refractivity (Wildman–Crippen MR) is 81.7 cm³/mol. The Balaban J connectivity index is 2.19. The van der Waals surface area contributed by atoms with Crippen LogP contribution in [-0.4, -0.2) is 43.0 Å². The number of ether oxygens (including phenoxy) is 2. The Hall–Kier alpha value is -3.03. The molecule has 1 amide bonds. The molecule has 0 bridgehead atoms. The quantitative estimate of drug-likeness (QED) is 0.539. The monoisotopic (exact) mass is 319 g/mol. The van der Waals surface area contributed by atoms with Crippen molar-refractivity contribution in [2.24, 2.45) is 5.10 Å². The second-order valence-corrected chi connectivity index (χ2v) is 4.48. The minimum absolute atomic E-state index is 0.0192. The molecule has 1 aromatic carbocycles. The Morgan fingerprint density at radius 1 is 1.39 bits per heavy atom. The van der Waals surface area contributed by atoms with Crippen LogP contribution in [0.2, 0.25) is 0 Å². The molecule has 1 aromatic rings. The lowest BCUT2D eigenvalue weighted by Crippen LogP contribution is -2.23. The smallest absolute Gasteiger partial charge is 0.345 e. The summed E-state index contributed by atoms with van der Waals surface area (Å²) in [6, 6.07) is 6.06. The molecule has 0 atom stereocenters. The third kappa shape index (κ3) is 3.60. The fraction of sp³-hybridized carbons (Fsp3) is 0.267. The number of hydrogen-bond donors (Lipinski definition) is 3. The Bertz CT molecular complexity index is 681. The highest BCUT2D eigenvalue weighted by Gasteiger charge is 2.30. The molecule has 1 aliphatic heterocycles. The summed E-state index contributed by atoms with van der Waals surface area (Å²) in [6.45, 7) is 1.91. The number of hydrogen-bond acceptors (Lipinski definition) is 7. The molecule has 8 nitrogen and oxygen atoms in total. The molecular formula is C15H17N3O5. The van der Waals surface area contributed by atoms with E-state index < -0.39 is 11.9 Å². The van der Waals surface area contributed by atoms with Crippen molar-refractivity contribution < 1.29 is 24.2 Å². The van der Waals surface area contributed by atoms with Gasteiger partial charge in [0.2, 0.25) is 5.88 Å². The molecule has 122 valence electrons. The second kappa shape index (κ2) is 7.30. The lowest BCUT2D eigenvalue weighted by Gasteiger charge is -2.05. The van der Waals surface area contributed by atoms with Crippen molar-refractivity contribution in [3.63, 3.8) is 0 Å². The number of carbonyl (C=O) groups excluding carboxylic acids is 2. The summed E-state index contributed by atoms with van der Waals surface area (Å²) in [5, 5.41) is 16.3. The van der Waals surface area contributed by atoms with Gasteiger partial charge in [0.1, 0.15) is 23.6 Å². The maximum absolute atomic E-state index is 12.0. The van der Waals surface area contributed by atoms with E-state index in [0.717, 1.165) is 0 Å². The summed E-state index contributed by atoms with van der Waals surface area (Å²) in [7, 11) is 1.60. The van der Waals surface area contributed by atoms with Crippen molar-refractivity contribution >= 4 is 17.6 Å². The average Bonchev–Trinajstić information content (AvgIpc) is 2.96. The molecule has 3 N–H and O–H groups in total. The first-order valence-electron chi connectivity index (χ1n) is 6.95. The van der Waals surface area contributed by atoms with Gasteiger partial charge in [0.25, 0.3) is 5.91 Å². The SMILES string of the molecule is CCOC(=O)C1=C(NC)OCC1=NNC(=O)c1ccccc1O. The summed E-state index contributed by atoms with van der Waals surface area (Å²) in [6.07, 6.45) is 0. The fourth-order valence-electron chi connectivity index (χ4n) is 1.96. The van der Waals surface area contributed by atoms with E-state index in [0.29, 0.717) is 0 Å². The molecular weight excluding hydrogens is 302 g/mol. The summed E-state index contributed by atoms with van der Waals surface area (Å²) >= 11 is 0. The van der Waals surface area contributed by atoms with Crippen LogP contribution in [0.3, 0.4) is 0 Å². The van der Waals surface area contributed by atoms with E-state index in [-0.39, 0.29) is 41.7 Å². The first-order chi connectivity index (χ1) is 11.1. The van der Waals surface area contributed by atoms with Gasteiger partial charge < -0.3 is 19.9 Å². The molecule has 8 heteroatoms. The highest BCUT2D eigenvalue weighted by Crippen LogP contribution is 2.17. The van der Waals surface area contributed by atoms with Gasteiger partial charge in [-0.2, -0.15) is 5.10 Å². The minimum atomic E-state index is -0.600. The van der Waals surface area contributed by atoms with Crippen LogP contribution < -0.4 is 10.7 Å². The molecule has 0 saturated carbocycles. The predicted octanol–water partition coefficient (Wildman–Crippen LogP) is 0.502. The standard InChI is InChI=1S/C15H17N3O5/c1-3-22-15(21)12-10(8-23-14(12)16-2)17-18-13(20)9-6-4-5-7-11(9)19/h4-7,16,19H,3,8H2,1-2H3,(H,18,20). The third-order valence-corrected chi connectivity index (χ3v) is 3.02. The number of para-hydroxylation sites is 1. The van der Waals surface area contributed by atoms with Crippen LogP contribution >= 0.6 is 0 Å². The second-order valence-electron chi connectivity index (χ2n) is 4.48. The largest absolute Gasteiger partial charge is 0.507 e. The van der Waals surface area contributed by atoms with E-state index in [1.54, 1.807) is 26.1 Å². The number of benzene rings is 1. The molecule has 0 aromatic heterocycles. The molecule has 0 saturated heterocycles. The number of phenolic OH excluding ortho intramolecular Hbond substituents is 1. The summed E-state index contributed by atoms with van der Waals surface area (Å²) in [4.78, 5) is 24.0. The van der Waals surface area contributed by atoms with Crippen molar-refractivity contribution in [3.8, 4) is 5.75 Å². The van der Waals surface area contributed by atoms with Crippen LogP contribution in [0, 0.1) is 0 Å². The number of amides is 1. The fourth-order valence-corrected chi connectivity index (χ4v) is 1.96. The molecule has 1 heterocycles. The van der Waals surface area contributed by atoms with Gasteiger partial charge in [-0.15, -0.1) is 0 Å². The van der Waals surface area contributed by atoms with Crippen molar-refractivity contribution in [1.29, 1.82) is 0 Å². The molecule has 0 spiro atoms. The zero-order valence-electron chi connectivity index (χ0n) is 12.8. The van der Waals surface area contributed by atoms with Crippen molar-refractivity contribution in [2.45, 2.75) is 6.92 Å². The van der Waals surface area contributed by atoms with E-state index in [9.17, 15) is 14.7 Å². The number of aromatic hydroxyl groups is 1. The molecule has 0 aliphatic carbocycles. The lowest BCUT2D eigenvalue weighted by atomic mass is 10.2. The molecule has 1 aliphatic rings. The van der Waals surface area contributed by atoms with Crippen LogP contribution in [0.1, 0.15) is 17.3 Å². The van der Waals surface area contributed by atoms with E-state index in [1.165, 1.54) is 12.1 Å². The zero-order valence-corrected chi connectivity index (χ0v) is 12.8. The Morgan fingerprint density at radius 2 is 2.13 bits per heavy atom. The zero-order chi connectivity index (χ0) is 16.8. The van der Waals surface area contributed by atoms with E-state index in [2.05, 4.69) is 15.8 Å². The topological polar surface area (TPSA) is 109 Å². The molecule has 23 heavy (non-hydrogen) atoms. The van der Waals surface area contributed by atoms with Crippen LogP contribution in [0.25, 0.3) is 0 Å². The summed E-state index contributed by atoms with van der Waals surface area (Å²) in [5.41, 5.74) is 2.73. The number of hydrazone groups is 1. The first kappa shape index (κ1) is 16.3. The molecule has 0 fully saturated rings. The van der Waals surface area contributed by atoms with Crippen LogP contribution in [-0.2, 0) is 14.3 Å². The first-order valence-corrected chi connectivity index (χ1v) is 6.95. The Labute approximate surface area is 132 Å². The van der Waals surface area contributed by atoms with Crippen molar-refractivity contribution in [1.82, 2.24) is 10.7 Å². The number of rotatable bonds is 5. The van der Waals surface area contributed by atoms with E-state index in [4.69, 9.17) is 9.47 Å². The maximum atomic E-state index is 12.0. The van der Waals surface area contributed by atoms with Crippen LogP contribution in [0.15, 0.2) is 40.8 Å². The Kier molecular flexibility index (Phi) is 5.19. The van der Waals surface area contributed by atoms with Gasteiger partial charge in [-0.3, -0.25) is 4.79 Å². The summed E-state index contributed by atoms with van der Waals surface area (Å²) in [5.74, 6) is -1.12. The average molecular weight is 319 g/mol. The van der Waals surface area contributed by atoms with Crippen LogP contribution in [0.4, 0.5) is 0 Å². The number of esters is 1. The van der Waals surface area contributed by atoms with Gasteiger partial charge in [-0.25, -0.2) is 10.2 Å². The van der Waals surface area contributed by atoms with Gasteiger partial charge in [0.15, 0.2) is 0 Å². The number of phenols is 1. The van der Waals surface area contributed by atoms with E-state index >= 15 is 0 Å². The number of nitrogens with zero attached hydrogens (tertiary/aromatic N) is 1. The Morgan fingerprint density at radius 3 is 2.78 bits per heavy atom. The van der Waals surface area contributed by atoms with Gasteiger partial charge in [-0.1, -0.05) is 12.1 Å². The normalized spacial score (nSPS) is 15.3. The molecule has 0 radical (unpaired) electrons. The maximum Gasteiger partial charge on any atom is 0.345 e. The highest BCUT2D eigenvalue weighted by atomic mass is 16.5. The van der Waals surface area contributed by atoms with Crippen LogP contribution in [0.5, 0.6) is 5.75 Å². The highest BCUT2D eigenvalue weighted by molar-refractivity contribution is 6.22. The number of nitrogens with one attached hydrogen (secondary N) is 2. The van der Waals surface area contributed by atoms with Gasteiger partial charge in [-0.05, 0) is 19.1 Å². The molecule has 2 rings (SSSR count). The third-order valence-electron chi connectivity index (χ3n) is 3.02. The minimum Gasteiger partial charge on any atom is -0.507 e. The summed E-state index contributed by atoms with van der Waals surface area (Å²) < 4.78 is 10.2. The van der Waals surface area contributed by atoms with Gasteiger partial charge in [0.05, 0.1) is 12.2 Å².